The third-order valence-corrected chi connectivity index (χ3v) is 4.95. The smallest absolute Gasteiger partial charge is 0.255 e. The van der Waals surface area contributed by atoms with Crippen LogP contribution in [0.4, 0.5) is 11.4 Å². The Balaban J connectivity index is 1.70. The van der Waals surface area contributed by atoms with Crippen molar-refractivity contribution < 1.29 is 4.79 Å². The van der Waals surface area contributed by atoms with Gasteiger partial charge < -0.3 is 10.2 Å². The molecule has 0 radical (unpaired) electrons. The number of amides is 1. The molecule has 24 heavy (non-hydrogen) atoms. The third-order valence-electron chi connectivity index (χ3n) is 4.64. The number of anilines is 2. The number of benzene rings is 2. The first-order valence-corrected chi connectivity index (χ1v) is 8.83. The maximum Gasteiger partial charge on any atom is 0.255 e. The molecule has 1 aliphatic heterocycles. The standard InChI is InChI=1S/C20H23ClN2O/c1-14-3-5-16(6-4-14)20(24)22-17-7-8-19(18(21)13-17)23-11-9-15(2)10-12-23/h3-8,13,15H,9-12H2,1-2H3,(H,22,24). The van der Waals surface area contributed by atoms with Gasteiger partial charge in [-0.05, 0) is 56.0 Å². The molecule has 0 aliphatic carbocycles. The lowest BCUT2D eigenvalue weighted by molar-refractivity contribution is 0.102. The predicted octanol–water partition coefficient (Wildman–Crippen LogP) is 5.14. The summed E-state index contributed by atoms with van der Waals surface area (Å²) in [4.78, 5) is 14.6. The number of nitrogens with one attached hydrogen (secondary N) is 1. The molecule has 3 rings (SSSR count). The highest BCUT2D eigenvalue weighted by atomic mass is 35.5. The summed E-state index contributed by atoms with van der Waals surface area (Å²) in [5.41, 5.74) is 3.55. The number of aryl methyl sites for hydroxylation is 1. The molecule has 0 saturated carbocycles. The second kappa shape index (κ2) is 7.27. The van der Waals surface area contributed by atoms with Gasteiger partial charge in [0.1, 0.15) is 0 Å². The minimum absolute atomic E-state index is 0.120. The van der Waals surface area contributed by atoms with Gasteiger partial charge >= 0.3 is 0 Å². The van der Waals surface area contributed by atoms with Crippen LogP contribution >= 0.6 is 11.6 Å². The monoisotopic (exact) mass is 342 g/mol. The van der Waals surface area contributed by atoms with Crippen LogP contribution in [0.2, 0.25) is 5.02 Å². The highest BCUT2D eigenvalue weighted by Crippen LogP contribution is 2.32. The normalized spacial score (nSPS) is 15.4. The van der Waals surface area contributed by atoms with E-state index in [1.807, 2.05) is 49.4 Å². The Hall–Kier alpha value is -2.00. The second-order valence-corrected chi connectivity index (χ2v) is 7.06. The molecule has 1 fully saturated rings. The van der Waals surface area contributed by atoms with Crippen molar-refractivity contribution in [1.82, 2.24) is 0 Å². The molecule has 1 N–H and O–H groups in total. The summed E-state index contributed by atoms with van der Waals surface area (Å²) in [6, 6.07) is 13.3. The molecule has 1 aliphatic rings. The first kappa shape index (κ1) is 16.8. The van der Waals surface area contributed by atoms with Crippen molar-refractivity contribution in [3.05, 3.63) is 58.6 Å². The van der Waals surface area contributed by atoms with E-state index < -0.39 is 0 Å². The summed E-state index contributed by atoms with van der Waals surface area (Å²) in [5, 5.41) is 3.60. The Labute approximate surface area is 148 Å². The SMILES string of the molecule is Cc1ccc(C(=O)Nc2ccc(N3CCC(C)CC3)c(Cl)c2)cc1. The van der Waals surface area contributed by atoms with Crippen molar-refractivity contribution >= 4 is 28.9 Å². The molecule has 2 aromatic carbocycles. The van der Waals surface area contributed by atoms with E-state index in [1.54, 1.807) is 0 Å². The second-order valence-electron chi connectivity index (χ2n) is 6.66. The van der Waals surface area contributed by atoms with Crippen molar-refractivity contribution in [2.75, 3.05) is 23.3 Å². The predicted molar refractivity (Wildman–Crippen MR) is 101 cm³/mol. The minimum Gasteiger partial charge on any atom is -0.370 e. The van der Waals surface area contributed by atoms with Crippen LogP contribution in [0.1, 0.15) is 35.7 Å². The molecular weight excluding hydrogens is 320 g/mol. The molecule has 0 spiro atoms. The fraction of sp³-hybridized carbons (Fsp3) is 0.350. The molecule has 0 unspecified atom stereocenters. The van der Waals surface area contributed by atoms with E-state index in [4.69, 9.17) is 11.6 Å². The van der Waals surface area contributed by atoms with E-state index in [9.17, 15) is 4.79 Å². The Morgan fingerprint density at radius 1 is 1.12 bits per heavy atom. The van der Waals surface area contributed by atoms with Gasteiger partial charge in [0.25, 0.3) is 5.91 Å². The largest absolute Gasteiger partial charge is 0.370 e. The first-order valence-electron chi connectivity index (χ1n) is 8.45. The molecular formula is C20H23ClN2O. The van der Waals surface area contributed by atoms with Crippen LogP contribution in [0.25, 0.3) is 0 Å². The number of hydrogen-bond acceptors (Lipinski definition) is 2. The van der Waals surface area contributed by atoms with E-state index in [0.29, 0.717) is 10.6 Å². The summed E-state index contributed by atoms with van der Waals surface area (Å²) in [7, 11) is 0. The highest BCUT2D eigenvalue weighted by Gasteiger charge is 2.18. The molecule has 1 saturated heterocycles. The number of halogens is 1. The average Bonchev–Trinajstić information content (AvgIpc) is 2.57. The molecule has 0 atom stereocenters. The van der Waals surface area contributed by atoms with Crippen molar-refractivity contribution in [2.24, 2.45) is 5.92 Å². The molecule has 0 bridgehead atoms. The van der Waals surface area contributed by atoms with Crippen molar-refractivity contribution in [3.63, 3.8) is 0 Å². The van der Waals surface area contributed by atoms with Gasteiger partial charge in [0.15, 0.2) is 0 Å². The van der Waals surface area contributed by atoms with Gasteiger partial charge in [-0.2, -0.15) is 0 Å². The van der Waals surface area contributed by atoms with Gasteiger partial charge in [-0.25, -0.2) is 0 Å². The van der Waals surface area contributed by atoms with Crippen molar-refractivity contribution in [3.8, 4) is 0 Å². The number of rotatable bonds is 3. The van der Waals surface area contributed by atoms with Crippen LogP contribution in [0.15, 0.2) is 42.5 Å². The van der Waals surface area contributed by atoms with Crippen LogP contribution in [0.5, 0.6) is 0 Å². The van der Waals surface area contributed by atoms with Gasteiger partial charge in [-0.3, -0.25) is 4.79 Å². The molecule has 1 heterocycles. The Morgan fingerprint density at radius 2 is 1.79 bits per heavy atom. The maximum atomic E-state index is 12.3. The van der Waals surface area contributed by atoms with Crippen LogP contribution in [0, 0.1) is 12.8 Å². The van der Waals surface area contributed by atoms with Crippen molar-refractivity contribution in [2.45, 2.75) is 26.7 Å². The first-order chi connectivity index (χ1) is 11.5. The summed E-state index contributed by atoms with van der Waals surface area (Å²) < 4.78 is 0. The van der Waals surface area contributed by atoms with Crippen LogP contribution in [-0.4, -0.2) is 19.0 Å². The van der Waals surface area contributed by atoms with Gasteiger partial charge in [-0.1, -0.05) is 36.2 Å². The summed E-state index contributed by atoms with van der Waals surface area (Å²) in [6.07, 6.45) is 2.39. The molecule has 1 amide bonds. The van der Waals surface area contributed by atoms with Gasteiger partial charge in [0.2, 0.25) is 0 Å². The van der Waals surface area contributed by atoms with Gasteiger partial charge in [-0.15, -0.1) is 0 Å². The van der Waals surface area contributed by atoms with E-state index >= 15 is 0 Å². The van der Waals surface area contributed by atoms with E-state index in [-0.39, 0.29) is 5.91 Å². The van der Waals surface area contributed by atoms with Crippen LogP contribution < -0.4 is 10.2 Å². The molecule has 4 heteroatoms. The lowest BCUT2D eigenvalue weighted by Gasteiger charge is -2.32. The van der Waals surface area contributed by atoms with Gasteiger partial charge in [0, 0.05) is 24.3 Å². The highest BCUT2D eigenvalue weighted by molar-refractivity contribution is 6.33. The maximum absolute atomic E-state index is 12.3. The summed E-state index contributed by atoms with van der Waals surface area (Å²) in [5.74, 6) is 0.665. The van der Waals surface area contributed by atoms with E-state index in [2.05, 4.69) is 17.1 Å². The third kappa shape index (κ3) is 3.90. The number of carbonyl (C=O) groups excluding carboxylic acids is 1. The molecule has 3 nitrogen and oxygen atoms in total. The number of nitrogens with zero attached hydrogens (tertiary/aromatic N) is 1. The molecule has 0 aromatic heterocycles. The zero-order chi connectivity index (χ0) is 17.1. The van der Waals surface area contributed by atoms with E-state index in [0.717, 1.165) is 35.9 Å². The average molecular weight is 343 g/mol. The lowest BCUT2D eigenvalue weighted by Crippen LogP contribution is -2.32. The van der Waals surface area contributed by atoms with Crippen LogP contribution in [0.3, 0.4) is 0 Å². The number of carbonyl (C=O) groups is 1. The number of piperidine rings is 1. The molecule has 126 valence electrons. The fourth-order valence-electron chi connectivity index (χ4n) is 3.00. The van der Waals surface area contributed by atoms with Gasteiger partial charge in [0.05, 0.1) is 10.7 Å². The summed E-state index contributed by atoms with van der Waals surface area (Å²) in [6.45, 7) is 6.37. The summed E-state index contributed by atoms with van der Waals surface area (Å²) >= 11 is 6.46. The Morgan fingerprint density at radius 3 is 2.42 bits per heavy atom. The van der Waals surface area contributed by atoms with E-state index in [1.165, 1.54) is 12.8 Å². The topological polar surface area (TPSA) is 32.3 Å². The lowest BCUT2D eigenvalue weighted by atomic mass is 9.99. The Bertz CT molecular complexity index is 719. The van der Waals surface area contributed by atoms with Crippen LogP contribution in [-0.2, 0) is 0 Å². The zero-order valence-corrected chi connectivity index (χ0v) is 14.9. The minimum atomic E-state index is -0.120. The quantitative estimate of drug-likeness (QED) is 0.837. The van der Waals surface area contributed by atoms with Crippen molar-refractivity contribution in [1.29, 1.82) is 0 Å². The zero-order valence-electron chi connectivity index (χ0n) is 14.2. The fourth-order valence-corrected chi connectivity index (χ4v) is 3.30. The molecule has 2 aromatic rings. The Kier molecular flexibility index (Phi) is 5.10. The number of hydrogen-bond donors (Lipinski definition) is 1.